The monoisotopic (exact) mass is 726 g/mol. The van der Waals surface area contributed by atoms with Gasteiger partial charge in [0.05, 0.1) is 5.65 Å². The molecular weight excluding hydrogens is 703 g/mol. The van der Waals surface area contributed by atoms with E-state index in [0.717, 1.165) is 33.1 Å². The van der Waals surface area contributed by atoms with Crippen LogP contribution in [0.4, 0.5) is 0 Å². The summed E-state index contributed by atoms with van der Waals surface area (Å²) in [5.74, 6) is 2.19. The summed E-state index contributed by atoms with van der Waals surface area (Å²) in [4.78, 5) is 9.69. The van der Waals surface area contributed by atoms with Crippen molar-refractivity contribution in [2.24, 2.45) is 0 Å². The van der Waals surface area contributed by atoms with Crippen molar-refractivity contribution in [2.75, 3.05) is 0 Å². The number of benzene rings is 5. The van der Waals surface area contributed by atoms with Gasteiger partial charge in [-0.2, -0.15) is 6.07 Å². The molecule has 0 atom stereocenters. The van der Waals surface area contributed by atoms with Crippen molar-refractivity contribution in [2.45, 2.75) is 19.3 Å². The minimum Gasteiger partial charge on any atom is -0.503 e. The van der Waals surface area contributed by atoms with Gasteiger partial charge in [-0.15, -0.1) is 41.0 Å². The van der Waals surface area contributed by atoms with Gasteiger partial charge >= 0.3 is 20.4 Å². The third-order valence-corrected chi connectivity index (χ3v) is 11.2. The van der Waals surface area contributed by atoms with Gasteiger partial charge in [0.25, 0.3) is 0 Å². The topological polar surface area (TPSA) is 44.4 Å². The molecule has 0 saturated heterocycles. The predicted molar refractivity (Wildman–Crippen MR) is 192 cm³/mol. The first-order valence-electron chi connectivity index (χ1n) is 15.7. The largest absolute Gasteiger partial charge is 2.00 e. The first-order chi connectivity index (χ1) is 23.1. The van der Waals surface area contributed by atoms with E-state index in [4.69, 9.17) is 14.7 Å². The zero-order valence-corrected chi connectivity index (χ0v) is 28.2. The molecule has 230 valence electrons. The Balaban J connectivity index is 0.00000295. The minimum absolute atomic E-state index is 0. The summed E-state index contributed by atoms with van der Waals surface area (Å²) >= 11 is 1.83. The number of thiophene rings is 1. The average molecular weight is 727 g/mol. The molecule has 5 aromatic carbocycles. The Labute approximate surface area is 292 Å². The summed E-state index contributed by atoms with van der Waals surface area (Å²) in [6.45, 7) is 4.56. The van der Waals surface area contributed by atoms with Gasteiger partial charge in [0, 0.05) is 72.3 Å². The molecule has 0 spiro atoms. The number of para-hydroxylation sites is 1. The third kappa shape index (κ3) is 3.53. The molecule has 0 unspecified atom stereocenters. The number of nitrogens with zero attached hydrogens (tertiary/aromatic N) is 4. The molecular formula is C41H24N4OPdS. The first-order valence-corrected chi connectivity index (χ1v) is 16.6. The molecule has 0 aliphatic carbocycles. The second-order valence-electron chi connectivity index (χ2n) is 12.9. The quantitative estimate of drug-likeness (QED) is 0.101. The zero-order chi connectivity index (χ0) is 31.0. The van der Waals surface area contributed by atoms with Crippen LogP contribution in [0.15, 0.2) is 110 Å². The van der Waals surface area contributed by atoms with E-state index in [1.54, 1.807) is 0 Å². The number of hydrogen-bond acceptors (Lipinski definition) is 4. The van der Waals surface area contributed by atoms with E-state index in [0.29, 0.717) is 11.5 Å². The molecule has 0 N–H and O–H groups in total. The van der Waals surface area contributed by atoms with E-state index in [9.17, 15) is 0 Å². The van der Waals surface area contributed by atoms with E-state index in [1.165, 1.54) is 53.1 Å². The molecule has 1 aliphatic rings. The minimum atomic E-state index is -0.169. The van der Waals surface area contributed by atoms with E-state index in [2.05, 4.69) is 114 Å². The van der Waals surface area contributed by atoms with Gasteiger partial charge in [0.2, 0.25) is 0 Å². The molecule has 0 amide bonds. The number of fused-ring (bicyclic) bond motifs is 15. The van der Waals surface area contributed by atoms with Gasteiger partial charge in [0.15, 0.2) is 0 Å². The Bertz CT molecular complexity index is 2990. The van der Waals surface area contributed by atoms with Crippen molar-refractivity contribution in [3.63, 3.8) is 0 Å². The Hall–Kier alpha value is -5.06. The van der Waals surface area contributed by atoms with Crippen molar-refractivity contribution in [1.29, 1.82) is 0 Å². The molecule has 7 heteroatoms. The van der Waals surface area contributed by atoms with Crippen LogP contribution in [0.3, 0.4) is 0 Å². The van der Waals surface area contributed by atoms with Gasteiger partial charge in [-0.25, -0.2) is 4.98 Å². The summed E-state index contributed by atoms with van der Waals surface area (Å²) in [6, 6.07) is 39.4. The van der Waals surface area contributed by atoms with Crippen LogP contribution >= 0.6 is 11.3 Å². The second kappa shape index (κ2) is 9.74. The van der Waals surface area contributed by atoms with Crippen molar-refractivity contribution in [1.82, 2.24) is 18.9 Å². The maximum atomic E-state index is 6.54. The van der Waals surface area contributed by atoms with Crippen molar-refractivity contribution < 1.29 is 25.2 Å². The molecule has 0 fully saturated rings. The first kappa shape index (κ1) is 28.0. The normalized spacial score (nSPS) is 13.6. The fourth-order valence-corrected chi connectivity index (χ4v) is 9.05. The van der Waals surface area contributed by atoms with Crippen molar-refractivity contribution in [3.8, 4) is 17.3 Å². The van der Waals surface area contributed by atoms with Gasteiger partial charge in [-0.1, -0.05) is 84.7 Å². The molecule has 10 aromatic rings. The number of aromatic nitrogens is 4. The van der Waals surface area contributed by atoms with Gasteiger partial charge in [-0.3, -0.25) is 4.98 Å². The number of rotatable bonds is 2. The maximum absolute atomic E-state index is 6.54. The van der Waals surface area contributed by atoms with Crippen LogP contribution in [0.5, 0.6) is 11.5 Å². The fraction of sp³-hybridized carbons (Fsp3) is 0.0732. The second-order valence-corrected chi connectivity index (χ2v) is 14.0. The third-order valence-electron chi connectivity index (χ3n) is 10.1. The van der Waals surface area contributed by atoms with Crippen LogP contribution in [-0.2, 0) is 25.8 Å². The number of hydrogen-bond donors (Lipinski definition) is 0. The summed E-state index contributed by atoms with van der Waals surface area (Å²) in [7, 11) is 0. The van der Waals surface area contributed by atoms with E-state index < -0.39 is 0 Å². The summed E-state index contributed by atoms with van der Waals surface area (Å²) in [5.41, 5.74) is 6.49. The Morgan fingerprint density at radius 3 is 2.35 bits per heavy atom. The fourth-order valence-electron chi connectivity index (χ4n) is 7.94. The van der Waals surface area contributed by atoms with Crippen LogP contribution in [0.1, 0.15) is 25.0 Å². The van der Waals surface area contributed by atoms with Crippen LogP contribution < -0.4 is 4.74 Å². The van der Waals surface area contributed by atoms with Crippen LogP contribution in [-0.4, -0.2) is 18.9 Å². The van der Waals surface area contributed by atoms with Gasteiger partial charge < -0.3 is 13.7 Å². The summed E-state index contributed by atoms with van der Waals surface area (Å²) < 4.78 is 13.6. The van der Waals surface area contributed by atoms with Crippen molar-refractivity contribution >= 4 is 80.6 Å². The van der Waals surface area contributed by atoms with E-state index in [1.807, 2.05) is 41.9 Å². The summed E-state index contributed by atoms with van der Waals surface area (Å²) in [6.07, 6.45) is 5.79. The van der Waals surface area contributed by atoms with Gasteiger partial charge in [-0.05, 0) is 34.5 Å². The van der Waals surface area contributed by atoms with E-state index >= 15 is 0 Å². The smallest absolute Gasteiger partial charge is 0.503 e. The summed E-state index contributed by atoms with van der Waals surface area (Å²) in [5, 5.41) is 8.06. The number of imidazole rings is 1. The zero-order valence-electron chi connectivity index (χ0n) is 25.8. The molecule has 0 bridgehead atoms. The molecule has 1 aliphatic heterocycles. The molecule has 48 heavy (non-hydrogen) atoms. The number of ether oxygens (including phenoxy) is 1. The standard InChI is InChI=1S/C41H24N4OS.Pd/c1-41(2)31-9-5-8-27-26-15-13-24(22-33(26)45(37(27)31)40-32(41)10-6-18-42-40)46-23-12-14-25-28-16-17-35-36(29-7-3-4-11-34(29)47-35)38(28)44-20-19-43-39(44)30(25)21-23;/h3-20H,1-2H3;/q-2;+2. The molecule has 11 rings (SSSR count). The van der Waals surface area contributed by atoms with E-state index in [-0.39, 0.29) is 25.8 Å². The molecule has 6 heterocycles. The Morgan fingerprint density at radius 1 is 0.667 bits per heavy atom. The Kier molecular flexibility index (Phi) is 5.68. The van der Waals surface area contributed by atoms with Crippen LogP contribution in [0.25, 0.3) is 75.1 Å². The number of pyridine rings is 2. The average Bonchev–Trinajstić information content (AvgIpc) is 3.82. The molecule has 5 nitrogen and oxygen atoms in total. The van der Waals surface area contributed by atoms with Crippen molar-refractivity contribution in [3.05, 3.63) is 133 Å². The molecule has 5 aromatic heterocycles. The van der Waals surface area contributed by atoms with Crippen LogP contribution in [0.2, 0.25) is 0 Å². The van der Waals surface area contributed by atoms with Gasteiger partial charge in [0.1, 0.15) is 5.82 Å². The molecule has 0 saturated carbocycles. The molecule has 0 radical (unpaired) electrons. The SMILES string of the molecule is CC1(C)c2cccnc2-n2c3[c-]c(Oc4[c-]c5c(cc4)c4ccc6sc7ccccc7c6c4n4ccnc54)ccc3c3cccc1c32.[Pd+2]. The maximum Gasteiger partial charge on any atom is 2.00 e. The Morgan fingerprint density at radius 2 is 1.44 bits per heavy atom. The van der Waals surface area contributed by atoms with Crippen LogP contribution in [0, 0.1) is 12.1 Å². The predicted octanol–water partition coefficient (Wildman–Crippen LogP) is 10.5.